The van der Waals surface area contributed by atoms with Crippen LogP contribution in [0.15, 0.2) is 35.0 Å². The molecule has 3 heteroatoms. The molecule has 0 radical (unpaired) electrons. The van der Waals surface area contributed by atoms with E-state index in [0.717, 1.165) is 32.1 Å². The Hall–Kier alpha value is -2.39. The molecular weight excluding hydrogens is 252 g/mol. The zero-order valence-corrected chi connectivity index (χ0v) is 11.4. The molecule has 20 heavy (non-hydrogen) atoms. The van der Waals surface area contributed by atoms with Gasteiger partial charge in [-0.3, -0.25) is 4.79 Å². The number of furan rings is 1. The van der Waals surface area contributed by atoms with Gasteiger partial charge in [-0.2, -0.15) is 0 Å². The number of aliphatic carboxylic acids is 1. The molecule has 1 aromatic rings. The first-order chi connectivity index (χ1) is 9.79. The van der Waals surface area contributed by atoms with Gasteiger partial charge in [-0.15, -0.1) is 0 Å². The highest BCUT2D eigenvalue weighted by Gasteiger charge is 1.95. The highest BCUT2D eigenvalue weighted by atomic mass is 16.4. The van der Waals surface area contributed by atoms with Crippen molar-refractivity contribution in [1.29, 1.82) is 0 Å². The number of carboxylic acid groups (broad SMARTS) is 1. The predicted octanol–water partition coefficient (Wildman–Crippen LogP) is 3.62. The van der Waals surface area contributed by atoms with Crippen molar-refractivity contribution in [3.63, 3.8) is 0 Å². The van der Waals surface area contributed by atoms with E-state index in [1.54, 1.807) is 24.5 Å². The first-order valence-electron chi connectivity index (χ1n) is 6.71. The summed E-state index contributed by atoms with van der Waals surface area (Å²) in [7, 11) is 0. The zero-order chi connectivity index (χ0) is 14.5. The summed E-state index contributed by atoms with van der Waals surface area (Å²) >= 11 is 0. The molecule has 0 unspecified atom stereocenters. The summed E-state index contributed by atoms with van der Waals surface area (Å²) in [4.78, 5) is 10.3. The Bertz CT molecular complexity index is 530. The molecule has 0 saturated heterocycles. The van der Waals surface area contributed by atoms with Crippen LogP contribution in [0.2, 0.25) is 0 Å². The normalized spacial score (nSPS) is 9.60. The summed E-state index contributed by atoms with van der Waals surface area (Å²) in [5.74, 6) is 11.0. The van der Waals surface area contributed by atoms with Crippen LogP contribution in [0.3, 0.4) is 0 Å². The molecular formula is C17H18O3. The Morgan fingerprint density at radius 1 is 1.25 bits per heavy atom. The van der Waals surface area contributed by atoms with E-state index in [9.17, 15) is 4.79 Å². The van der Waals surface area contributed by atoms with Crippen molar-refractivity contribution in [3.8, 4) is 23.7 Å². The molecule has 0 fully saturated rings. The van der Waals surface area contributed by atoms with Crippen LogP contribution in [0.5, 0.6) is 0 Å². The zero-order valence-electron chi connectivity index (χ0n) is 11.4. The molecule has 104 valence electrons. The van der Waals surface area contributed by atoms with Crippen molar-refractivity contribution in [2.75, 3.05) is 0 Å². The molecule has 0 spiro atoms. The quantitative estimate of drug-likeness (QED) is 0.608. The number of carbonyl (C=O) groups is 1. The summed E-state index contributed by atoms with van der Waals surface area (Å²) in [6, 6.07) is 3.57. The molecule has 0 aliphatic heterocycles. The Kier molecular flexibility index (Phi) is 8.24. The van der Waals surface area contributed by atoms with Gasteiger partial charge in [-0.05, 0) is 55.2 Å². The minimum Gasteiger partial charge on any atom is -0.481 e. The third kappa shape index (κ3) is 8.66. The minimum absolute atomic E-state index is 0.273. The highest BCUT2D eigenvalue weighted by molar-refractivity contribution is 5.66. The molecule has 1 heterocycles. The summed E-state index contributed by atoms with van der Waals surface area (Å²) < 4.78 is 5.04. The topological polar surface area (TPSA) is 50.4 Å². The fourth-order valence-electron chi connectivity index (χ4n) is 1.55. The van der Waals surface area contributed by atoms with Gasteiger partial charge in [-0.1, -0.05) is 24.8 Å². The van der Waals surface area contributed by atoms with Gasteiger partial charge in [0.1, 0.15) is 0 Å². The second-order valence-electron chi connectivity index (χ2n) is 4.25. The molecule has 0 aromatic carbocycles. The molecule has 0 atom stereocenters. The highest BCUT2D eigenvalue weighted by Crippen LogP contribution is 2.05. The van der Waals surface area contributed by atoms with Gasteiger partial charge in [-0.25, -0.2) is 0 Å². The maximum absolute atomic E-state index is 10.3. The van der Waals surface area contributed by atoms with Crippen LogP contribution >= 0.6 is 0 Å². The van der Waals surface area contributed by atoms with E-state index in [2.05, 4.69) is 23.7 Å². The lowest BCUT2D eigenvalue weighted by Gasteiger charge is -1.96. The summed E-state index contributed by atoms with van der Waals surface area (Å²) in [6.45, 7) is 0. The van der Waals surface area contributed by atoms with E-state index < -0.39 is 5.97 Å². The van der Waals surface area contributed by atoms with E-state index in [0.29, 0.717) is 5.76 Å². The molecule has 1 aromatic heterocycles. The molecule has 1 rings (SSSR count). The van der Waals surface area contributed by atoms with Gasteiger partial charge in [0, 0.05) is 6.42 Å². The average molecular weight is 270 g/mol. The van der Waals surface area contributed by atoms with Crippen LogP contribution < -0.4 is 0 Å². The number of hydrogen-bond acceptors (Lipinski definition) is 2. The van der Waals surface area contributed by atoms with Crippen molar-refractivity contribution >= 4 is 5.97 Å². The van der Waals surface area contributed by atoms with Gasteiger partial charge < -0.3 is 9.52 Å². The molecule has 3 nitrogen and oxygen atoms in total. The van der Waals surface area contributed by atoms with Crippen LogP contribution in [0.25, 0.3) is 0 Å². The lowest BCUT2D eigenvalue weighted by Crippen LogP contribution is -1.93. The SMILES string of the molecule is O=C(O)CCCCCC/C=C\C#CC#Cc1ccco1. The van der Waals surface area contributed by atoms with Gasteiger partial charge in [0.25, 0.3) is 0 Å². The predicted molar refractivity (Wildman–Crippen MR) is 77.8 cm³/mol. The van der Waals surface area contributed by atoms with E-state index in [1.165, 1.54) is 0 Å². The van der Waals surface area contributed by atoms with Crippen molar-refractivity contribution in [3.05, 3.63) is 36.3 Å². The van der Waals surface area contributed by atoms with Crippen molar-refractivity contribution in [2.24, 2.45) is 0 Å². The van der Waals surface area contributed by atoms with Gasteiger partial charge in [0.15, 0.2) is 5.76 Å². The lowest BCUT2D eigenvalue weighted by atomic mass is 10.1. The first kappa shape index (κ1) is 15.7. The second-order valence-corrected chi connectivity index (χ2v) is 4.25. The molecule has 0 amide bonds. The van der Waals surface area contributed by atoms with Crippen LogP contribution in [-0.4, -0.2) is 11.1 Å². The molecule has 0 aliphatic carbocycles. The van der Waals surface area contributed by atoms with Gasteiger partial charge in [0.2, 0.25) is 0 Å². The van der Waals surface area contributed by atoms with E-state index in [4.69, 9.17) is 9.52 Å². The largest absolute Gasteiger partial charge is 0.481 e. The second kappa shape index (κ2) is 10.5. The third-order valence-electron chi connectivity index (χ3n) is 2.55. The standard InChI is InChI=1S/C17H18O3/c18-17(19)14-10-8-6-4-2-1-3-5-7-9-12-16-13-11-15-20-16/h1,3,11,13,15H,2,4,6,8,10,14H2,(H,18,19)/b3-1-. The maximum atomic E-state index is 10.3. The van der Waals surface area contributed by atoms with Crippen LogP contribution in [0.1, 0.15) is 44.3 Å². The van der Waals surface area contributed by atoms with Crippen molar-refractivity contribution < 1.29 is 14.3 Å². The first-order valence-corrected chi connectivity index (χ1v) is 6.71. The number of rotatable bonds is 7. The summed E-state index contributed by atoms with van der Waals surface area (Å²) in [5.41, 5.74) is 0. The van der Waals surface area contributed by atoms with E-state index >= 15 is 0 Å². The summed E-state index contributed by atoms with van der Waals surface area (Å²) in [6.07, 6.45) is 10.5. The van der Waals surface area contributed by atoms with Crippen LogP contribution in [0.4, 0.5) is 0 Å². The van der Waals surface area contributed by atoms with Crippen LogP contribution in [-0.2, 0) is 4.79 Å². The Balaban J connectivity index is 2.04. The Morgan fingerprint density at radius 3 is 2.85 bits per heavy atom. The number of allylic oxidation sites excluding steroid dienone is 2. The fourth-order valence-corrected chi connectivity index (χ4v) is 1.55. The maximum Gasteiger partial charge on any atom is 0.303 e. The summed E-state index contributed by atoms with van der Waals surface area (Å²) in [5, 5.41) is 8.47. The molecule has 0 aliphatic rings. The Morgan fingerprint density at radius 2 is 2.10 bits per heavy atom. The number of hydrogen-bond donors (Lipinski definition) is 1. The minimum atomic E-state index is -0.712. The van der Waals surface area contributed by atoms with Gasteiger partial charge in [0.05, 0.1) is 6.26 Å². The van der Waals surface area contributed by atoms with Crippen molar-refractivity contribution in [2.45, 2.75) is 38.5 Å². The van der Waals surface area contributed by atoms with E-state index in [1.807, 2.05) is 6.08 Å². The van der Waals surface area contributed by atoms with E-state index in [-0.39, 0.29) is 6.42 Å². The number of unbranched alkanes of at least 4 members (excludes halogenated alkanes) is 4. The van der Waals surface area contributed by atoms with Crippen molar-refractivity contribution in [1.82, 2.24) is 0 Å². The molecule has 0 bridgehead atoms. The fraction of sp³-hybridized carbons (Fsp3) is 0.353. The smallest absolute Gasteiger partial charge is 0.303 e. The van der Waals surface area contributed by atoms with Crippen LogP contribution in [0, 0.1) is 23.7 Å². The average Bonchev–Trinajstić information content (AvgIpc) is 2.93. The van der Waals surface area contributed by atoms with Gasteiger partial charge >= 0.3 is 5.97 Å². The lowest BCUT2D eigenvalue weighted by molar-refractivity contribution is -0.137. The third-order valence-corrected chi connectivity index (χ3v) is 2.55. The Labute approximate surface area is 119 Å². The number of carboxylic acids is 1. The molecule has 1 N–H and O–H groups in total. The monoisotopic (exact) mass is 270 g/mol. The molecule has 0 saturated carbocycles.